The van der Waals surface area contributed by atoms with Crippen molar-refractivity contribution in [1.82, 2.24) is 15.5 Å². The Labute approximate surface area is 120 Å². The summed E-state index contributed by atoms with van der Waals surface area (Å²) in [7, 11) is 2.02. The van der Waals surface area contributed by atoms with E-state index in [0.717, 1.165) is 13.1 Å². The van der Waals surface area contributed by atoms with E-state index < -0.39 is 6.04 Å². The molecule has 1 saturated heterocycles. The van der Waals surface area contributed by atoms with Gasteiger partial charge in [-0.3, -0.25) is 9.59 Å². The second-order valence-corrected chi connectivity index (χ2v) is 5.55. The molecule has 4 N–H and O–H groups in total. The van der Waals surface area contributed by atoms with Gasteiger partial charge in [0.2, 0.25) is 11.8 Å². The molecule has 0 aromatic rings. The Hall–Kier alpha value is -1.18. The molecule has 1 aliphatic rings. The predicted molar refractivity (Wildman–Crippen MR) is 76.1 cm³/mol. The quantitative estimate of drug-likeness (QED) is 0.554. The van der Waals surface area contributed by atoms with Crippen molar-refractivity contribution < 1.29 is 14.3 Å². The van der Waals surface area contributed by atoms with Gasteiger partial charge in [-0.15, -0.1) is 0 Å². The average molecular weight is 286 g/mol. The van der Waals surface area contributed by atoms with E-state index >= 15 is 0 Å². The molecule has 116 valence electrons. The number of rotatable bonds is 6. The zero-order valence-corrected chi connectivity index (χ0v) is 12.5. The number of ether oxygens (including phenoxy) is 1. The molecule has 1 aliphatic heterocycles. The zero-order valence-electron chi connectivity index (χ0n) is 12.5. The van der Waals surface area contributed by atoms with Crippen LogP contribution in [0.3, 0.4) is 0 Å². The van der Waals surface area contributed by atoms with Gasteiger partial charge in [0.25, 0.3) is 0 Å². The monoisotopic (exact) mass is 286 g/mol. The van der Waals surface area contributed by atoms with Crippen LogP contribution in [0.25, 0.3) is 0 Å². The lowest BCUT2D eigenvalue weighted by atomic mass is 10.1. The Morgan fingerprint density at radius 1 is 1.40 bits per heavy atom. The zero-order chi connectivity index (χ0) is 15.1. The van der Waals surface area contributed by atoms with Crippen molar-refractivity contribution in [2.24, 2.45) is 11.7 Å². The van der Waals surface area contributed by atoms with Crippen LogP contribution in [0, 0.1) is 5.92 Å². The van der Waals surface area contributed by atoms with Crippen molar-refractivity contribution in [2.75, 3.05) is 39.8 Å². The minimum absolute atomic E-state index is 0.00585. The van der Waals surface area contributed by atoms with Gasteiger partial charge in [-0.2, -0.15) is 0 Å². The number of morpholine rings is 1. The van der Waals surface area contributed by atoms with Crippen LogP contribution in [0.2, 0.25) is 0 Å². The minimum Gasteiger partial charge on any atom is -0.374 e. The smallest absolute Gasteiger partial charge is 0.239 e. The summed E-state index contributed by atoms with van der Waals surface area (Å²) >= 11 is 0. The first-order chi connectivity index (χ1) is 9.40. The van der Waals surface area contributed by atoms with E-state index in [2.05, 4.69) is 15.5 Å². The first-order valence-corrected chi connectivity index (χ1v) is 7.00. The van der Waals surface area contributed by atoms with Gasteiger partial charge in [0.05, 0.1) is 25.3 Å². The van der Waals surface area contributed by atoms with Crippen molar-refractivity contribution in [3.05, 3.63) is 0 Å². The van der Waals surface area contributed by atoms with E-state index in [1.54, 1.807) is 0 Å². The fourth-order valence-corrected chi connectivity index (χ4v) is 1.87. The number of nitrogens with two attached hydrogens (primary N) is 1. The highest BCUT2D eigenvalue weighted by Crippen LogP contribution is 2.01. The highest BCUT2D eigenvalue weighted by molar-refractivity contribution is 5.87. The fraction of sp³-hybridized carbons (Fsp3) is 0.846. The molecular formula is C13H26N4O3. The molecule has 0 aromatic carbocycles. The van der Waals surface area contributed by atoms with Crippen LogP contribution in [-0.2, 0) is 14.3 Å². The van der Waals surface area contributed by atoms with E-state index in [-0.39, 0.29) is 30.4 Å². The van der Waals surface area contributed by atoms with Crippen molar-refractivity contribution in [2.45, 2.75) is 26.0 Å². The molecule has 1 heterocycles. The highest BCUT2D eigenvalue weighted by Gasteiger charge is 2.19. The van der Waals surface area contributed by atoms with Gasteiger partial charge in [-0.05, 0) is 13.0 Å². The van der Waals surface area contributed by atoms with E-state index in [4.69, 9.17) is 10.5 Å². The Kier molecular flexibility index (Phi) is 6.90. The summed E-state index contributed by atoms with van der Waals surface area (Å²) in [5.41, 5.74) is 5.68. The van der Waals surface area contributed by atoms with Crippen LogP contribution >= 0.6 is 0 Å². The summed E-state index contributed by atoms with van der Waals surface area (Å²) in [4.78, 5) is 25.4. The molecule has 0 spiro atoms. The summed E-state index contributed by atoms with van der Waals surface area (Å²) in [6.45, 7) is 6.51. The van der Waals surface area contributed by atoms with Crippen LogP contribution in [0.15, 0.2) is 0 Å². The van der Waals surface area contributed by atoms with Crippen molar-refractivity contribution >= 4 is 11.8 Å². The van der Waals surface area contributed by atoms with E-state index in [0.29, 0.717) is 13.2 Å². The summed E-state index contributed by atoms with van der Waals surface area (Å²) < 4.78 is 5.53. The minimum atomic E-state index is -0.585. The van der Waals surface area contributed by atoms with Gasteiger partial charge >= 0.3 is 0 Å². The molecule has 2 amide bonds. The molecule has 7 heteroatoms. The summed E-state index contributed by atoms with van der Waals surface area (Å²) in [6, 6.07) is -0.585. The third-order valence-electron chi connectivity index (χ3n) is 3.31. The maximum atomic E-state index is 11.6. The number of carbonyl (C=O) groups excluding carboxylic acids is 2. The van der Waals surface area contributed by atoms with Crippen LogP contribution in [0.4, 0.5) is 0 Å². The second kappa shape index (κ2) is 8.18. The first-order valence-electron chi connectivity index (χ1n) is 7.00. The number of carbonyl (C=O) groups is 2. The van der Waals surface area contributed by atoms with Gasteiger partial charge in [0, 0.05) is 19.6 Å². The summed E-state index contributed by atoms with van der Waals surface area (Å²) in [5.74, 6) is -0.487. The largest absolute Gasteiger partial charge is 0.374 e. The van der Waals surface area contributed by atoms with Crippen molar-refractivity contribution in [1.29, 1.82) is 0 Å². The van der Waals surface area contributed by atoms with Gasteiger partial charge in [-0.1, -0.05) is 13.8 Å². The number of amides is 2. The van der Waals surface area contributed by atoms with Gasteiger partial charge in [0.15, 0.2) is 0 Å². The number of likely N-dealkylation sites (N-methyl/N-ethyl adjacent to an activating group) is 1. The van der Waals surface area contributed by atoms with Crippen molar-refractivity contribution in [3.63, 3.8) is 0 Å². The van der Waals surface area contributed by atoms with Crippen LogP contribution < -0.4 is 16.4 Å². The number of nitrogens with one attached hydrogen (secondary N) is 2. The molecule has 1 unspecified atom stereocenters. The molecule has 1 fully saturated rings. The van der Waals surface area contributed by atoms with Crippen LogP contribution in [0.5, 0.6) is 0 Å². The van der Waals surface area contributed by atoms with E-state index in [1.165, 1.54) is 0 Å². The Morgan fingerprint density at radius 3 is 2.70 bits per heavy atom. The van der Waals surface area contributed by atoms with Gasteiger partial charge < -0.3 is 26.0 Å². The normalized spacial score (nSPS) is 21.6. The Bertz CT molecular complexity index is 336. The lowest BCUT2D eigenvalue weighted by Crippen LogP contribution is -2.49. The van der Waals surface area contributed by atoms with Gasteiger partial charge in [-0.25, -0.2) is 0 Å². The SMILES string of the molecule is CC(C)[C@H](N)C(=O)NCC(=O)NCC1CN(C)CCO1. The third-order valence-corrected chi connectivity index (χ3v) is 3.31. The average Bonchev–Trinajstić information content (AvgIpc) is 2.41. The standard InChI is InChI=1S/C13H26N4O3/c1-9(2)12(14)13(19)16-7-11(18)15-6-10-8-17(3)4-5-20-10/h9-10,12H,4-8,14H2,1-3H3,(H,15,18)(H,16,19)/t10?,12-/m0/s1. The lowest BCUT2D eigenvalue weighted by Gasteiger charge is -2.30. The molecule has 0 radical (unpaired) electrons. The molecular weight excluding hydrogens is 260 g/mol. The predicted octanol–water partition coefficient (Wildman–Crippen LogP) is -1.47. The molecule has 0 saturated carbocycles. The molecule has 0 bridgehead atoms. The topological polar surface area (TPSA) is 96.7 Å². The third kappa shape index (κ3) is 5.85. The number of hydrogen-bond donors (Lipinski definition) is 3. The van der Waals surface area contributed by atoms with Crippen molar-refractivity contribution in [3.8, 4) is 0 Å². The van der Waals surface area contributed by atoms with E-state index in [9.17, 15) is 9.59 Å². The van der Waals surface area contributed by atoms with Gasteiger partial charge in [0.1, 0.15) is 0 Å². The fourth-order valence-electron chi connectivity index (χ4n) is 1.87. The molecule has 7 nitrogen and oxygen atoms in total. The molecule has 1 rings (SSSR count). The molecule has 20 heavy (non-hydrogen) atoms. The molecule has 2 atom stereocenters. The summed E-state index contributed by atoms with van der Waals surface area (Å²) in [5, 5.41) is 5.28. The number of hydrogen-bond acceptors (Lipinski definition) is 5. The molecule has 0 aromatic heterocycles. The highest BCUT2D eigenvalue weighted by atomic mass is 16.5. The Morgan fingerprint density at radius 2 is 2.10 bits per heavy atom. The second-order valence-electron chi connectivity index (χ2n) is 5.55. The maximum absolute atomic E-state index is 11.6. The first kappa shape index (κ1) is 16.9. The van der Waals surface area contributed by atoms with Crippen LogP contribution in [-0.4, -0.2) is 68.7 Å². The van der Waals surface area contributed by atoms with E-state index in [1.807, 2.05) is 20.9 Å². The summed E-state index contributed by atoms with van der Waals surface area (Å²) in [6.07, 6.45) is 0.00585. The Balaban J connectivity index is 2.18. The lowest BCUT2D eigenvalue weighted by molar-refractivity contribution is -0.127. The number of nitrogens with zero attached hydrogens (tertiary/aromatic N) is 1. The maximum Gasteiger partial charge on any atom is 0.239 e. The molecule has 0 aliphatic carbocycles. The van der Waals surface area contributed by atoms with Crippen LogP contribution in [0.1, 0.15) is 13.8 Å².